The van der Waals surface area contributed by atoms with Gasteiger partial charge in [0, 0.05) is 17.6 Å². The van der Waals surface area contributed by atoms with Crippen LogP contribution in [0.5, 0.6) is 0 Å². The van der Waals surface area contributed by atoms with Gasteiger partial charge in [-0.05, 0) is 12.0 Å². The summed E-state index contributed by atoms with van der Waals surface area (Å²) in [4.78, 5) is 12.5. The van der Waals surface area contributed by atoms with Crippen LogP contribution in [0.2, 0.25) is 0 Å². The predicted molar refractivity (Wildman–Crippen MR) is 79.3 cm³/mol. The maximum absolute atomic E-state index is 12.5. The molecule has 0 unspecified atom stereocenters. The first-order valence-corrected chi connectivity index (χ1v) is 6.64. The monoisotopic (exact) mass is 250 g/mol. The van der Waals surface area contributed by atoms with Crippen LogP contribution in [0.1, 0.15) is 29.3 Å². The molecule has 0 radical (unpaired) electrons. The number of ketones is 1. The third-order valence-corrected chi connectivity index (χ3v) is 3.02. The van der Waals surface area contributed by atoms with Crippen molar-refractivity contribution in [2.45, 2.75) is 19.8 Å². The number of carbonyl (C=O) groups is 1. The van der Waals surface area contributed by atoms with Crippen molar-refractivity contribution in [1.82, 2.24) is 0 Å². The molecule has 0 aromatic heterocycles. The molecule has 0 aliphatic carbocycles. The zero-order valence-electron chi connectivity index (χ0n) is 11.2. The highest BCUT2D eigenvalue weighted by Crippen LogP contribution is 2.15. The molecule has 96 valence electrons. The first kappa shape index (κ1) is 13.3. The molecule has 2 aromatic carbocycles. The Labute approximate surface area is 114 Å². The predicted octanol–water partition coefficient (Wildman–Crippen LogP) is 4.45. The first-order valence-electron chi connectivity index (χ1n) is 6.64. The van der Waals surface area contributed by atoms with Gasteiger partial charge in [-0.2, -0.15) is 0 Å². The second kappa shape index (κ2) is 6.69. The number of benzene rings is 2. The maximum Gasteiger partial charge on any atom is 0.189 e. The average molecular weight is 250 g/mol. The molecule has 0 bridgehead atoms. The summed E-state index contributed by atoms with van der Waals surface area (Å²) in [5.74, 6) is 0.131. The summed E-state index contributed by atoms with van der Waals surface area (Å²) >= 11 is 0. The van der Waals surface area contributed by atoms with E-state index >= 15 is 0 Å². The average Bonchev–Trinajstić information content (AvgIpc) is 2.48. The van der Waals surface area contributed by atoms with E-state index in [2.05, 4.69) is 19.1 Å². The number of carbonyl (C=O) groups excluding carboxylic acids is 1. The van der Waals surface area contributed by atoms with Gasteiger partial charge in [0.05, 0.1) is 0 Å². The van der Waals surface area contributed by atoms with E-state index in [1.807, 2.05) is 54.6 Å². The maximum atomic E-state index is 12.5. The summed E-state index contributed by atoms with van der Waals surface area (Å²) in [6.45, 7) is 2.06. The van der Waals surface area contributed by atoms with E-state index < -0.39 is 0 Å². The van der Waals surface area contributed by atoms with Crippen molar-refractivity contribution in [3.05, 3.63) is 83.4 Å². The Kier molecular flexibility index (Phi) is 4.68. The second-order valence-corrected chi connectivity index (χ2v) is 4.50. The molecule has 0 heterocycles. The molecule has 19 heavy (non-hydrogen) atoms. The Morgan fingerprint density at radius 1 is 0.947 bits per heavy atom. The number of hydrogen-bond donors (Lipinski definition) is 0. The van der Waals surface area contributed by atoms with E-state index in [0.717, 1.165) is 17.6 Å². The molecule has 0 atom stereocenters. The molecular formula is C18H18O. The third-order valence-electron chi connectivity index (χ3n) is 3.02. The summed E-state index contributed by atoms with van der Waals surface area (Å²) < 4.78 is 0. The Morgan fingerprint density at radius 3 is 2.11 bits per heavy atom. The van der Waals surface area contributed by atoms with E-state index in [4.69, 9.17) is 0 Å². The van der Waals surface area contributed by atoms with Gasteiger partial charge in [-0.25, -0.2) is 0 Å². The molecule has 0 fully saturated rings. The fourth-order valence-electron chi connectivity index (χ4n) is 2.08. The van der Waals surface area contributed by atoms with Crippen molar-refractivity contribution >= 4 is 5.78 Å². The van der Waals surface area contributed by atoms with Gasteiger partial charge in [0.1, 0.15) is 0 Å². The van der Waals surface area contributed by atoms with Crippen LogP contribution >= 0.6 is 0 Å². The van der Waals surface area contributed by atoms with Gasteiger partial charge in [-0.15, -0.1) is 0 Å². The standard InChI is InChI=1S/C18H18O/c1-2-9-17(14-15-10-5-3-6-11-15)18(19)16-12-7-4-8-13-16/h3-13H,2,14H2,1H3. The molecule has 2 aromatic rings. The van der Waals surface area contributed by atoms with Gasteiger partial charge >= 0.3 is 0 Å². The second-order valence-electron chi connectivity index (χ2n) is 4.50. The molecule has 1 heteroatoms. The van der Waals surface area contributed by atoms with Gasteiger partial charge in [-0.3, -0.25) is 4.79 Å². The minimum Gasteiger partial charge on any atom is -0.289 e. The molecular weight excluding hydrogens is 232 g/mol. The molecule has 0 saturated heterocycles. The van der Waals surface area contributed by atoms with E-state index in [0.29, 0.717) is 6.42 Å². The van der Waals surface area contributed by atoms with Gasteiger partial charge in [0.15, 0.2) is 5.78 Å². The van der Waals surface area contributed by atoms with E-state index in [9.17, 15) is 4.79 Å². The lowest BCUT2D eigenvalue weighted by Gasteiger charge is -2.07. The van der Waals surface area contributed by atoms with Crippen LogP contribution < -0.4 is 0 Å². The summed E-state index contributed by atoms with van der Waals surface area (Å²) in [5.41, 5.74) is 2.81. The molecule has 0 N–H and O–H groups in total. The highest BCUT2D eigenvalue weighted by molar-refractivity contribution is 6.08. The van der Waals surface area contributed by atoms with Gasteiger partial charge in [0.25, 0.3) is 0 Å². The molecule has 1 nitrogen and oxygen atoms in total. The Hall–Kier alpha value is -2.15. The van der Waals surface area contributed by atoms with Crippen LogP contribution in [0.4, 0.5) is 0 Å². The van der Waals surface area contributed by atoms with Crippen LogP contribution in [0.3, 0.4) is 0 Å². The van der Waals surface area contributed by atoms with Gasteiger partial charge < -0.3 is 0 Å². The Balaban J connectivity index is 2.22. The summed E-state index contributed by atoms with van der Waals surface area (Å²) in [7, 11) is 0. The smallest absolute Gasteiger partial charge is 0.189 e. The Morgan fingerprint density at radius 2 is 1.53 bits per heavy atom. The summed E-state index contributed by atoms with van der Waals surface area (Å²) in [6.07, 6.45) is 3.60. The van der Waals surface area contributed by atoms with E-state index in [1.54, 1.807) is 0 Å². The number of allylic oxidation sites excluding steroid dienone is 2. The van der Waals surface area contributed by atoms with E-state index in [-0.39, 0.29) is 5.78 Å². The minimum absolute atomic E-state index is 0.131. The number of hydrogen-bond acceptors (Lipinski definition) is 1. The molecule has 0 spiro atoms. The quantitative estimate of drug-likeness (QED) is 0.566. The fraction of sp³-hybridized carbons (Fsp3) is 0.167. The largest absolute Gasteiger partial charge is 0.289 e. The van der Waals surface area contributed by atoms with Crippen molar-refractivity contribution in [3.63, 3.8) is 0 Å². The minimum atomic E-state index is 0.131. The SMILES string of the molecule is CCC=C(Cc1ccccc1)C(=O)c1ccccc1. The van der Waals surface area contributed by atoms with Crippen molar-refractivity contribution in [2.75, 3.05) is 0 Å². The molecule has 0 aliphatic rings. The lowest BCUT2D eigenvalue weighted by Crippen LogP contribution is -2.06. The normalized spacial score (nSPS) is 11.3. The van der Waals surface area contributed by atoms with Gasteiger partial charge in [-0.1, -0.05) is 73.7 Å². The van der Waals surface area contributed by atoms with E-state index in [1.165, 1.54) is 5.56 Å². The highest BCUT2D eigenvalue weighted by Gasteiger charge is 2.11. The van der Waals surface area contributed by atoms with Crippen LogP contribution in [-0.2, 0) is 6.42 Å². The zero-order valence-corrected chi connectivity index (χ0v) is 11.2. The topological polar surface area (TPSA) is 17.1 Å². The number of rotatable bonds is 5. The van der Waals surface area contributed by atoms with Gasteiger partial charge in [0.2, 0.25) is 0 Å². The molecule has 0 saturated carbocycles. The zero-order chi connectivity index (χ0) is 13.5. The van der Waals surface area contributed by atoms with Crippen molar-refractivity contribution in [3.8, 4) is 0 Å². The third kappa shape index (κ3) is 3.65. The highest BCUT2D eigenvalue weighted by atomic mass is 16.1. The van der Waals surface area contributed by atoms with Crippen LogP contribution in [-0.4, -0.2) is 5.78 Å². The van der Waals surface area contributed by atoms with Crippen LogP contribution in [0.15, 0.2) is 72.3 Å². The molecule has 2 rings (SSSR count). The fourth-order valence-corrected chi connectivity index (χ4v) is 2.08. The molecule has 0 aliphatic heterocycles. The first-order chi connectivity index (χ1) is 9.31. The Bertz CT molecular complexity index is 553. The lowest BCUT2D eigenvalue weighted by atomic mass is 9.96. The summed E-state index contributed by atoms with van der Waals surface area (Å²) in [6, 6.07) is 19.6. The van der Waals surface area contributed by atoms with Crippen molar-refractivity contribution < 1.29 is 4.79 Å². The van der Waals surface area contributed by atoms with Crippen molar-refractivity contribution in [1.29, 1.82) is 0 Å². The van der Waals surface area contributed by atoms with Crippen molar-refractivity contribution in [2.24, 2.45) is 0 Å². The number of Topliss-reactive ketones (excluding diaryl/α,β-unsaturated/α-hetero) is 1. The van der Waals surface area contributed by atoms with Crippen LogP contribution in [0, 0.1) is 0 Å². The van der Waals surface area contributed by atoms with Crippen LogP contribution in [0.25, 0.3) is 0 Å². The lowest BCUT2D eigenvalue weighted by molar-refractivity contribution is 0.103. The molecule has 0 amide bonds. The summed E-state index contributed by atoms with van der Waals surface area (Å²) in [5, 5.41) is 0.